The quantitative estimate of drug-likeness (QED) is 0.873. The van der Waals surface area contributed by atoms with E-state index in [4.69, 9.17) is 16.2 Å². The highest BCUT2D eigenvalue weighted by atomic mass is 19.1. The summed E-state index contributed by atoms with van der Waals surface area (Å²) in [7, 11) is 0. The van der Waals surface area contributed by atoms with E-state index >= 15 is 0 Å². The van der Waals surface area contributed by atoms with Gasteiger partial charge >= 0.3 is 0 Å². The predicted molar refractivity (Wildman–Crippen MR) is 69.6 cm³/mol. The van der Waals surface area contributed by atoms with E-state index in [1.165, 1.54) is 12.1 Å². The molecule has 0 aliphatic heterocycles. The Bertz CT molecular complexity index is 572. The van der Waals surface area contributed by atoms with Gasteiger partial charge in [-0.2, -0.15) is 0 Å². The predicted octanol–water partition coefficient (Wildman–Crippen LogP) is 2.45. The monoisotopic (exact) mass is 247 g/mol. The van der Waals surface area contributed by atoms with Crippen molar-refractivity contribution in [2.45, 2.75) is 6.92 Å². The molecule has 2 aromatic rings. The third-order valence-electron chi connectivity index (χ3n) is 2.52. The SMILES string of the molecule is CCOc1cc(F)ccc1-c1nccc(N)c1N. The average molecular weight is 247 g/mol. The molecule has 0 saturated heterocycles. The van der Waals surface area contributed by atoms with Crippen LogP contribution in [0, 0.1) is 5.82 Å². The first-order valence-corrected chi connectivity index (χ1v) is 5.56. The Balaban J connectivity index is 2.59. The van der Waals surface area contributed by atoms with Gasteiger partial charge in [0.15, 0.2) is 0 Å². The number of nitrogens with zero attached hydrogens (tertiary/aromatic N) is 1. The Morgan fingerprint density at radius 3 is 2.78 bits per heavy atom. The minimum Gasteiger partial charge on any atom is -0.493 e. The maximum atomic E-state index is 13.2. The number of pyridine rings is 1. The van der Waals surface area contributed by atoms with Gasteiger partial charge in [-0.15, -0.1) is 0 Å². The van der Waals surface area contributed by atoms with E-state index in [0.717, 1.165) is 0 Å². The lowest BCUT2D eigenvalue weighted by atomic mass is 10.1. The number of nitrogen functional groups attached to an aromatic ring is 2. The van der Waals surface area contributed by atoms with Gasteiger partial charge in [0.25, 0.3) is 0 Å². The van der Waals surface area contributed by atoms with E-state index in [1.807, 2.05) is 6.92 Å². The molecule has 0 saturated carbocycles. The van der Waals surface area contributed by atoms with Crippen molar-refractivity contribution < 1.29 is 9.13 Å². The first-order chi connectivity index (χ1) is 8.63. The van der Waals surface area contributed by atoms with Crippen LogP contribution in [0.2, 0.25) is 0 Å². The van der Waals surface area contributed by atoms with Crippen LogP contribution in [-0.4, -0.2) is 11.6 Å². The van der Waals surface area contributed by atoms with Gasteiger partial charge in [0.05, 0.1) is 23.7 Å². The Morgan fingerprint density at radius 1 is 1.28 bits per heavy atom. The minimum absolute atomic E-state index is 0.366. The molecular weight excluding hydrogens is 233 g/mol. The summed E-state index contributed by atoms with van der Waals surface area (Å²) in [5, 5.41) is 0. The molecule has 94 valence electrons. The molecule has 0 aliphatic rings. The third-order valence-corrected chi connectivity index (χ3v) is 2.52. The fraction of sp³-hybridized carbons (Fsp3) is 0.154. The second-order valence-electron chi connectivity index (χ2n) is 3.74. The van der Waals surface area contributed by atoms with Gasteiger partial charge in [0.2, 0.25) is 0 Å². The summed E-state index contributed by atoms with van der Waals surface area (Å²) < 4.78 is 18.6. The van der Waals surface area contributed by atoms with Crippen molar-refractivity contribution in [3.8, 4) is 17.0 Å². The molecule has 1 heterocycles. The average Bonchev–Trinajstić information content (AvgIpc) is 2.34. The Kier molecular flexibility index (Phi) is 3.32. The third kappa shape index (κ3) is 2.20. The molecule has 0 spiro atoms. The van der Waals surface area contributed by atoms with Gasteiger partial charge in [0.1, 0.15) is 11.6 Å². The number of nitrogens with two attached hydrogens (primary N) is 2. The van der Waals surface area contributed by atoms with E-state index in [1.54, 1.807) is 18.3 Å². The Morgan fingerprint density at radius 2 is 2.06 bits per heavy atom. The number of halogens is 1. The summed E-state index contributed by atoms with van der Waals surface area (Å²) in [5.41, 5.74) is 13.5. The second-order valence-corrected chi connectivity index (χ2v) is 3.74. The number of aromatic nitrogens is 1. The van der Waals surface area contributed by atoms with Crippen LogP contribution in [0.4, 0.5) is 15.8 Å². The molecule has 0 radical (unpaired) electrons. The standard InChI is InChI=1S/C13H14FN3O/c1-2-18-11-7-8(14)3-4-9(11)13-12(16)10(15)5-6-17-13/h3-7H,2,16H2,1H3,(H2,15,17). The van der Waals surface area contributed by atoms with Crippen LogP contribution in [0.3, 0.4) is 0 Å². The molecule has 1 aromatic carbocycles. The van der Waals surface area contributed by atoms with E-state index in [-0.39, 0.29) is 5.82 Å². The summed E-state index contributed by atoms with van der Waals surface area (Å²) in [5.74, 6) is 0.0342. The Hall–Kier alpha value is -2.30. The zero-order chi connectivity index (χ0) is 13.1. The van der Waals surface area contributed by atoms with Crippen molar-refractivity contribution in [3.05, 3.63) is 36.3 Å². The number of hydrogen-bond acceptors (Lipinski definition) is 4. The fourth-order valence-electron chi connectivity index (χ4n) is 1.67. The minimum atomic E-state index is -0.371. The van der Waals surface area contributed by atoms with Crippen LogP contribution < -0.4 is 16.2 Å². The normalized spacial score (nSPS) is 10.3. The van der Waals surface area contributed by atoms with Crippen molar-refractivity contribution in [1.29, 1.82) is 0 Å². The lowest BCUT2D eigenvalue weighted by Crippen LogP contribution is -2.01. The van der Waals surface area contributed by atoms with E-state index in [0.29, 0.717) is 35.0 Å². The smallest absolute Gasteiger partial charge is 0.131 e. The van der Waals surface area contributed by atoms with Crippen LogP contribution in [0.5, 0.6) is 5.75 Å². The van der Waals surface area contributed by atoms with Crippen LogP contribution in [0.1, 0.15) is 6.92 Å². The summed E-state index contributed by atoms with van der Waals surface area (Å²) in [6, 6.07) is 5.84. The highest BCUT2D eigenvalue weighted by Crippen LogP contribution is 2.34. The summed E-state index contributed by atoms with van der Waals surface area (Å²) in [6.45, 7) is 2.25. The number of anilines is 2. The molecule has 0 atom stereocenters. The molecule has 0 bridgehead atoms. The Labute approximate surface area is 104 Å². The maximum absolute atomic E-state index is 13.2. The van der Waals surface area contributed by atoms with E-state index in [2.05, 4.69) is 4.98 Å². The van der Waals surface area contributed by atoms with Crippen molar-refractivity contribution >= 4 is 11.4 Å². The zero-order valence-corrected chi connectivity index (χ0v) is 9.98. The second kappa shape index (κ2) is 4.91. The molecule has 18 heavy (non-hydrogen) atoms. The van der Waals surface area contributed by atoms with Gasteiger partial charge in [0, 0.05) is 17.8 Å². The molecule has 0 amide bonds. The number of hydrogen-bond donors (Lipinski definition) is 2. The van der Waals surface area contributed by atoms with Crippen LogP contribution in [-0.2, 0) is 0 Å². The van der Waals surface area contributed by atoms with Gasteiger partial charge in [-0.3, -0.25) is 4.98 Å². The number of benzene rings is 1. The van der Waals surface area contributed by atoms with Crippen molar-refractivity contribution in [3.63, 3.8) is 0 Å². The van der Waals surface area contributed by atoms with Crippen molar-refractivity contribution in [2.75, 3.05) is 18.1 Å². The largest absolute Gasteiger partial charge is 0.493 e. The van der Waals surface area contributed by atoms with E-state index < -0.39 is 0 Å². The van der Waals surface area contributed by atoms with Crippen LogP contribution in [0.15, 0.2) is 30.5 Å². The first-order valence-electron chi connectivity index (χ1n) is 5.56. The van der Waals surface area contributed by atoms with Gasteiger partial charge in [-0.1, -0.05) is 0 Å². The van der Waals surface area contributed by atoms with Crippen molar-refractivity contribution in [2.24, 2.45) is 0 Å². The molecule has 0 aliphatic carbocycles. The van der Waals surface area contributed by atoms with Crippen LogP contribution in [0.25, 0.3) is 11.3 Å². The molecule has 0 unspecified atom stereocenters. The highest BCUT2D eigenvalue weighted by molar-refractivity contribution is 5.83. The van der Waals surface area contributed by atoms with E-state index in [9.17, 15) is 4.39 Å². The number of rotatable bonds is 3. The molecule has 2 rings (SSSR count). The highest BCUT2D eigenvalue weighted by Gasteiger charge is 2.13. The fourth-order valence-corrected chi connectivity index (χ4v) is 1.67. The summed E-state index contributed by atoms with van der Waals surface area (Å²) in [6.07, 6.45) is 1.56. The van der Waals surface area contributed by atoms with Gasteiger partial charge in [-0.05, 0) is 25.1 Å². The lowest BCUT2D eigenvalue weighted by molar-refractivity contribution is 0.339. The zero-order valence-electron chi connectivity index (χ0n) is 9.98. The molecule has 5 heteroatoms. The summed E-state index contributed by atoms with van der Waals surface area (Å²) >= 11 is 0. The molecule has 1 aromatic heterocycles. The molecular formula is C13H14FN3O. The van der Waals surface area contributed by atoms with Crippen molar-refractivity contribution in [1.82, 2.24) is 4.98 Å². The van der Waals surface area contributed by atoms with Gasteiger partial charge in [-0.25, -0.2) is 4.39 Å². The molecule has 0 fully saturated rings. The summed E-state index contributed by atoms with van der Waals surface area (Å²) in [4.78, 5) is 4.17. The molecule has 4 N–H and O–H groups in total. The molecule has 4 nitrogen and oxygen atoms in total. The topological polar surface area (TPSA) is 74.2 Å². The van der Waals surface area contributed by atoms with Gasteiger partial charge < -0.3 is 16.2 Å². The lowest BCUT2D eigenvalue weighted by Gasteiger charge is -2.12. The maximum Gasteiger partial charge on any atom is 0.131 e. The van der Waals surface area contributed by atoms with Crippen LogP contribution >= 0.6 is 0 Å². The number of ether oxygens (including phenoxy) is 1. The first kappa shape index (κ1) is 12.2.